The Hall–Kier alpha value is -3.79. The highest BCUT2D eigenvalue weighted by Gasteiger charge is 2.10. The topological polar surface area (TPSA) is 95.6 Å². The number of fused-ring (bicyclic) bond motifs is 1. The van der Waals surface area contributed by atoms with E-state index in [4.69, 9.17) is 0 Å². The normalized spacial score (nSPS) is 11.8. The van der Waals surface area contributed by atoms with Crippen molar-refractivity contribution in [3.05, 3.63) is 81.9 Å². The SMILES string of the molecule is N#C/C(=C/C=C/c1ccccc1[N+](=O)[O-])c1nc2ccc(F)cc2[nH]1. The molecular formula is C18H11FN4O2. The zero-order chi connectivity index (χ0) is 17.8. The van der Waals surface area contributed by atoms with Crippen molar-refractivity contribution in [3.8, 4) is 6.07 Å². The molecule has 0 fully saturated rings. The van der Waals surface area contributed by atoms with E-state index in [2.05, 4.69) is 9.97 Å². The number of rotatable bonds is 4. The van der Waals surface area contributed by atoms with E-state index in [1.54, 1.807) is 18.2 Å². The van der Waals surface area contributed by atoms with Crippen LogP contribution < -0.4 is 0 Å². The molecule has 3 aromatic rings. The van der Waals surface area contributed by atoms with Crippen LogP contribution in [0, 0.1) is 27.3 Å². The highest BCUT2D eigenvalue weighted by Crippen LogP contribution is 2.20. The first-order chi connectivity index (χ1) is 12.1. The largest absolute Gasteiger partial charge is 0.337 e. The molecule has 1 aromatic heterocycles. The van der Waals surface area contributed by atoms with Gasteiger partial charge in [-0.05, 0) is 36.4 Å². The zero-order valence-electron chi connectivity index (χ0n) is 12.8. The molecule has 0 bridgehead atoms. The van der Waals surface area contributed by atoms with Gasteiger partial charge in [-0.3, -0.25) is 10.1 Å². The first-order valence-corrected chi connectivity index (χ1v) is 7.26. The number of aromatic nitrogens is 2. The van der Waals surface area contributed by atoms with Crippen LogP contribution in [-0.4, -0.2) is 14.9 Å². The zero-order valence-corrected chi connectivity index (χ0v) is 12.8. The molecule has 2 aromatic carbocycles. The summed E-state index contributed by atoms with van der Waals surface area (Å²) in [6.45, 7) is 0. The van der Waals surface area contributed by atoms with Crippen LogP contribution in [0.3, 0.4) is 0 Å². The molecular weight excluding hydrogens is 323 g/mol. The lowest BCUT2D eigenvalue weighted by Crippen LogP contribution is -1.90. The minimum absolute atomic E-state index is 0.0233. The monoisotopic (exact) mass is 334 g/mol. The van der Waals surface area contributed by atoms with Crippen molar-refractivity contribution in [2.45, 2.75) is 0 Å². The van der Waals surface area contributed by atoms with Gasteiger partial charge in [0.2, 0.25) is 0 Å². The predicted octanol–water partition coefficient (Wildman–Crippen LogP) is 4.23. The number of allylic oxidation sites excluding steroid dienone is 3. The van der Waals surface area contributed by atoms with Crippen LogP contribution >= 0.6 is 0 Å². The summed E-state index contributed by atoms with van der Waals surface area (Å²) < 4.78 is 13.2. The summed E-state index contributed by atoms with van der Waals surface area (Å²) in [5.41, 5.74) is 1.66. The quantitative estimate of drug-likeness (QED) is 0.334. The van der Waals surface area contributed by atoms with Gasteiger partial charge in [0.25, 0.3) is 5.69 Å². The number of aromatic amines is 1. The molecule has 0 saturated carbocycles. The minimum Gasteiger partial charge on any atom is -0.337 e. The van der Waals surface area contributed by atoms with Crippen LogP contribution in [0.2, 0.25) is 0 Å². The number of halogens is 1. The molecule has 0 spiro atoms. The first kappa shape index (κ1) is 16.1. The van der Waals surface area contributed by atoms with Crippen molar-refractivity contribution in [1.29, 1.82) is 5.26 Å². The third-order valence-corrected chi connectivity index (χ3v) is 3.49. The van der Waals surface area contributed by atoms with E-state index in [-0.39, 0.29) is 11.3 Å². The molecule has 1 N–H and O–H groups in total. The average Bonchev–Trinajstić information content (AvgIpc) is 3.01. The number of hydrogen-bond acceptors (Lipinski definition) is 4. The second-order valence-electron chi connectivity index (χ2n) is 5.11. The summed E-state index contributed by atoms with van der Waals surface area (Å²) in [6, 6.07) is 12.4. The smallest absolute Gasteiger partial charge is 0.276 e. The number of hydrogen-bond donors (Lipinski definition) is 1. The molecule has 0 aliphatic rings. The van der Waals surface area contributed by atoms with Crippen molar-refractivity contribution in [2.24, 2.45) is 0 Å². The molecule has 0 atom stereocenters. The number of para-hydroxylation sites is 1. The Morgan fingerprint density at radius 3 is 2.88 bits per heavy atom. The third kappa shape index (κ3) is 3.43. The number of nitrogens with zero attached hydrogens (tertiary/aromatic N) is 3. The molecule has 25 heavy (non-hydrogen) atoms. The van der Waals surface area contributed by atoms with Gasteiger partial charge in [0, 0.05) is 6.07 Å². The van der Waals surface area contributed by atoms with Gasteiger partial charge in [-0.1, -0.05) is 18.2 Å². The first-order valence-electron chi connectivity index (χ1n) is 7.26. The summed E-state index contributed by atoms with van der Waals surface area (Å²) in [7, 11) is 0. The lowest BCUT2D eigenvalue weighted by molar-refractivity contribution is -0.385. The van der Waals surface area contributed by atoms with Crippen molar-refractivity contribution in [3.63, 3.8) is 0 Å². The molecule has 0 unspecified atom stereocenters. The number of H-pyrrole nitrogens is 1. The van der Waals surface area contributed by atoms with Crippen LogP contribution in [0.25, 0.3) is 22.7 Å². The van der Waals surface area contributed by atoms with Gasteiger partial charge in [0.05, 0.1) is 27.1 Å². The molecule has 0 saturated heterocycles. The van der Waals surface area contributed by atoms with E-state index in [1.165, 1.54) is 42.5 Å². The van der Waals surface area contributed by atoms with Crippen LogP contribution in [0.5, 0.6) is 0 Å². The second kappa shape index (κ2) is 6.76. The number of imidazole rings is 1. The van der Waals surface area contributed by atoms with E-state index < -0.39 is 10.7 Å². The van der Waals surface area contributed by atoms with Crippen LogP contribution in [0.4, 0.5) is 10.1 Å². The van der Waals surface area contributed by atoms with E-state index in [0.717, 1.165) is 0 Å². The Morgan fingerprint density at radius 1 is 1.32 bits per heavy atom. The van der Waals surface area contributed by atoms with Gasteiger partial charge in [0.15, 0.2) is 0 Å². The molecule has 0 amide bonds. The third-order valence-electron chi connectivity index (χ3n) is 3.49. The van der Waals surface area contributed by atoms with Gasteiger partial charge < -0.3 is 4.98 Å². The highest BCUT2D eigenvalue weighted by atomic mass is 19.1. The lowest BCUT2D eigenvalue weighted by atomic mass is 10.1. The Labute approximate surface area is 141 Å². The van der Waals surface area contributed by atoms with Crippen molar-refractivity contribution in [2.75, 3.05) is 0 Å². The summed E-state index contributed by atoms with van der Waals surface area (Å²) in [5.74, 6) is -0.100. The minimum atomic E-state index is -0.470. The molecule has 0 aliphatic carbocycles. The second-order valence-corrected chi connectivity index (χ2v) is 5.11. The van der Waals surface area contributed by atoms with Gasteiger partial charge in [-0.2, -0.15) is 5.26 Å². The van der Waals surface area contributed by atoms with Gasteiger partial charge in [0.1, 0.15) is 17.7 Å². The predicted molar refractivity (Wildman–Crippen MR) is 91.8 cm³/mol. The van der Waals surface area contributed by atoms with Crippen molar-refractivity contribution in [1.82, 2.24) is 9.97 Å². The van der Waals surface area contributed by atoms with Gasteiger partial charge in [-0.15, -0.1) is 0 Å². The van der Waals surface area contributed by atoms with Gasteiger partial charge >= 0.3 is 0 Å². The molecule has 7 heteroatoms. The van der Waals surface area contributed by atoms with Crippen LogP contribution in [0.1, 0.15) is 11.4 Å². The maximum atomic E-state index is 13.2. The van der Waals surface area contributed by atoms with E-state index in [0.29, 0.717) is 22.4 Å². The highest BCUT2D eigenvalue weighted by molar-refractivity contribution is 5.83. The average molecular weight is 334 g/mol. The maximum Gasteiger partial charge on any atom is 0.276 e. The molecule has 6 nitrogen and oxygen atoms in total. The van der Waals surface area contributed by atoms with E-state index >= 15 is 0 Å². The number of nitro groups is 1. The summed E-state index contributed by atoms with van der Waals surface area (Å²) in [4.78, 5) is 17.6. The standard InChI is InChI=1S/C18H11FN4O2/c19-14-8-9-15-16(10-14)22-18(21-15)13(11-20)6-3-5-12-4-1-2-7-17(12)23(24)25/h1-10H,(H,21,22)/b5-3+,13-6-. The fourth-order valence-corrected chi connectivity index (χ4v) is 2.32. The van der Waals surface area contributed by atoms with Crippen LogP contribution in [-0.2, 0) is 0 Å². The number of nitriles is 1. The maximum absolute atomic E-state index is 13.2. The molecule has 0 aliphatic heterocycles. The summed E-state index contributed by atoms with van der Waals surface area (Å²) in [6.07, 6.45) is 4.57. The fraction of sp³-hybridized carbons (Fsp3) is 0. The summed E-state index contributed by atoms with van der Waals surface area (Å²) >= 11 is 0. The van der Waals surface area contributed by atoms with Crippen LogP contribution in [0.15, 0.2) is 54.6 Å². The fourth-order valence-electron chi connectivity index (χ4n) is 2.32. The number of benzene rings is 2. The lowest BCUT2D eigenvalue weighted by Gasteiger charge is -1.95. The van der Waals surface area contributed by atoms with E-state index in [1.807, 2.05) is 6.07 Å². The Balaban J connectivity index is 1.93. The molecule has 0 radical (unpaired) electrons. The Bertz CT molecular complexity index is 1060. The Morgan fingerprint density at radius 2 is 2.12 bits per heavy atom. The number of nitro benzene ring substituents is 1. The van der Waals surface area contributed by atoms with Crippen molar-refractivity contribution >= 4 is 28.4 Å². The van der Waals surface area contributed by atoms with Crippen molar-refractivity contribution < 1.29 is 9.31 Å². The molecule has 3 rings (SSSR count). The van der Waals surface area contributed by atoms with Gasteiger partial charge in [-0.25, -0.2) is 9.37 Å². The Kier molecular flexibility index (Phi) is 4.35. The number of nitrogens with one attached hydrogen (secondary N) is 1. The van der Waals surface area contributed by atoms with E-state index in [9.17, 15) is 19.8 Å². The summed E-state index contributed by atoms with van der Waals surface area (Å²) in [5, 5.41) is 20.3. The molecule has 122 valence electrons. The molecule has 1 heterocycles.